The maximum atomic E-state index is 12.0. The van der Waals surface area contributed by atoms with Crippen molar-refractivity contribution in [2.75, 3.05) is 33.4 Å². The SMILES string of the molecule is CCNC(=NCCCCCOC)NCCC(F)(F)F.I. The van der Waals surface area contributed by atoms with E-state index in [9.17, 15) is 13.2 Å². The summed E-state index contributed by atoms with van der Waals surface area (Å²) in [7, 11) is 1.66. The number of hydrogen-bond acceptors (Lipinski definition) is 2. The molecule has 0 saturated carbocycles. The zero-order valence-electron chi connectivity index (χ0n) is 12.1. The van der Waals surface area contributed by atoms with Crippen LogP contribution in [0.5, 0.6) is 0 Å². The second kappa shape index (κ2) is 13.7. The van der Waals surface area contributed by atoms with Crippen LogP contribution in [0.25, 0.3) is 0 Å². The number of guanidine groups is 1. The van der Waals surface area contributed by atoms with Crippen LogP contribution in [-0.4, -0.2) is 45.5 Å². The molecule has 20 heavy (non-hydrogen) atoms. The van der Waals surface area contributed by atoms with Crippen LogP contribution in [0.4, 0.5) is 13.2 Å². The molecule has 0 aliphatic carbocycles. The fourth-order valence-corrected chi connectivity index (χ4v) is 1.39. The van der Waals surface area contributed by atoms with Crippen molar-refractivity contribution >= 4 is 29.9 Å². The minimum absolute atomic E-state index is 0. The molecule has 122 valence electrons. The van der Waals surface area contributed by atoms with Gasteiger partial charge < -0.3 is 15.4 Å². The molecule has 0 unspecified atom stereocenters. The summed E-state index contributed by atoms with van der Waals surface area (Å²) in [6.07, 6.45) is -2.11. The van der Waals surface area contributed by atoms with Crippen molar-refractivity contribution in [3.8, 4) is 0 Å². The van der Waals surface area contributed by atoms with Gasteiger partial charge in [0.25, 0.3) is 0 Å². The molecule has 4 nitrogen and oxygen atoms in total. The van der Waals surface area contributed by atoms with Crippen LogP contribution in [-0.2, 0) is 4.74 Å². The quantitative estimate of drug-likeness (QED) is 0.266. The van der Waals surface area contributed by atoms with E-state index in [4.69, 9.17) is 4.74 Å². The van der Waals surface area contributed by atoms with Gasteiger partial charge in [0.1, 0.15) is 0 Å². The third-order valence-corrected chi connectivity index (χ3v) is 2.32. The number of hydrogen-bond donors (Lipinski definition) is 2. The van der Waals surface area contributed by atoms with E-state index in [0.717, 1.165) is 25.9 Å². The molecule has 0 radical (unpaired) electrons. The lowest BCUT2D eigenvalue weighted by molar-refractivity contribution is -0.132. The lowest BCUT2D eigenvalue weighted by Gasteiger charge is -2.12. The van der Waals surface area contributed by atoms with Crippen LogP contribution in [0, 0.1) is 0 Å². The Labute approximate surface area is 136 Å². The summed E-state index contributed by atoms with van der Waals surface area (Å²) in [5.41, 5.74) is 0. The molecule has 8 heteroatoms. The predicted molar refractivity (Wildman–Crippen MR) is 85.8 cm³/mol. The average molecular weight is 411 g/mol. The van der Waals surface area contributed by atoms with Crippen molar-refractivity contribution in [2.24, 2.45) is 4.99 Å². The molecule has 0 rings (SSSR count). The summed E-state index contributed by atoms with van der Waals surface area (Å²) in [5, 5.41) is 5.59. The Morgan fingerprint density at radius 1 is 1.15 bits per heavy atom. The van der Waals surface area contributed by atoms with Gasteiger partial charge in [0.15, 0.2) is 5.96 Å². The third kappa shape index (κ3) is 15.8. The molecule has 0 spiro atoms. The van der Waals surface area contributed by atoms with Gasteiger partial charge in [-0.3, -0.25) is 4.99 Å². The summed E-state index contributed by atoms with van der Waals surface area (Å²) in [5.74, 6) is 0.443. The van der Waals surface area contributed by atoms with Crippen LogP contribution in [0.1, 0.15) is 32.6 Å². The summed E-state index contributed by atoms with van der Waals surface area (Å²) in [6, 6.07) is 0. The van der Waals surface area contributed by atoms with E-state index >= 15 is 0 Å². The first-order valence-corrected chi connectivity index (χ1v) is 6.57. The maximum Gasteiger partial charge on any atom is 0.390 e. The van der Waals surface area contributed by atoms with Crippen LogP contribution in [0.2, 0.25) is 0 Å². The Hall–Kier alpha value is -0.250. The number of ether oxygens (including phenoxy) is 1. The average Bonchev–Trinajstić information content (AvgIpc) is 2.32. The first-order valence-electron chi connectivity index (χ1n) is 6.57. The number of nitrogens with zero attached hydrogens (tertiary/aromatic N) is 1. The van der Waals surface area contributed by atoms with Crippen molar-refractivity contribution < 1.29 is 17.9 Å². The van der Waals surface area contributed by atoms with Crippen LogP contribution in [0.15, 0.2) is 4.99 Å². The molecule has 0 atom stereocenters. The molecule has 0 fully saturated rings. The number of unbranched alkanes of at least 4 members (excludes halogenated alkanes) is 2. The van der Waals surface area contributed by atoms with Crippen LogP contribution in [0.3, 0.4) is 0 Å². The van der Waals surface area contributed by atoms with Crippen molar-refractivity contribution in [3.63, 3.8) is 0 Å². The number of aliphatic imine (C=N–C) groups is 1. The number of nitrogens with one attached hydrogen (secondary N) is 2. The van der Waals surface area contributed by atoms with E-state index in [1.165, 1.54) is 0 Å². The van der Waals surface area contributed by atoms with E-state index in [2.05, 4.69) is 15.6 Å². The summed E-state index contributed by atoms with van der Waals surface area (Å²) >= 11 is 0. The minimum Gasteiger partial charge on any atom is -0.385 e. The molecule has 0 aromatic heterocycles. The van der Waals surface area contributed by atoms with E-state index in [-0.39, 0.29) is 30.5 Å². The van der Waals surface area contributed by atoms with Gasteiger partial charge in [0.05, 0.1) is 6.42 Å². The van der Waals surface area contributed by atoms with E-state index in [0.29, 0.717) is 19.0 Å². The molecule has 0 aliphatic rings. The van der Waals surface area contributed by atoms with Gasteiger partial charge in [-0.05, 0) is 26.2 Å². The first-order chi connectivity index (χ1) is 8.99. The zero-order chi connectivity index (χ0) is 14.6. The van der Waals surface area contributed by atoms with Gasteiger partial charge in [-0.2, -0.15) is 13.2 Å². The Balaban J connectivity index is 0. The van der Waals surface area contributed by atoms with E-state index in [1.807, 2.05) is 6.92 Å². The largest absolute Gasteiger partial charge is 0.390 e. The normalized spacial score (nSPS) is 11.9. The topological polar surface area (TPSA) is 45.7 Å². The maximum absolute atomic E-state index is 12.0. The van der Waals surface area contributed by atoms with E-state index < -0.39 is 12.6 Å². The fraction of sp³-hybridized carbons (Fsp3) is 0.917. The number of halogens is 4. The number of rotatable bonds is 9. The highest BCUT2D eigenvalue weighted by atomic mass is 127. The molecule has 2 N–H and O–H groups in total. The molecule has 0 saturated heterocycles. The molecule has 0 heterocycles. The molecule has 0 aromatic carbocycles. The van der Waals surface area contributed by atoms with Crippen molar-refractivity contribution in [1.82, 2.24) is 10.6 Å². The minimum atomic E-state index is -4.13. The third-order valence-electron chi connectivity index (χ3n) is 2.32. The second-order valence-electron chi connectivity index (χ2n) is 4.11. The summed E-state index contributed by atoms with van der Waals surface area (Å²) in [4.78, 5) is 4.22. The smallest absolute Gasteiger partial charge is 0.385 e. The van der Waals surface area contributed by atoms with Crippen LogP contribution < -0.4 is 10.6 Å². The molecule has 0 bridgehead atoms. The Morgan fingerprint density at radius 2 is 1.85 bits per heavy atom. The molecule has 0 amide bonds. The van der Waals surface area contributed by atoms with Gasteiger partial charge in [0, 0.05) is 33.4 Å². The van der Waals surface area contributed by atoms with E-state index in [1.54, 1.807) is 7.11 Å². The monoisotopic (exact) mass is 411 g/mol. The molecule has 0 aromatic rings. The van der Waals surface area contributed by atoms with Gasteiger partial charge in [-0.1, -0.05) is 0 Å². The van der Waals surface area contributed by atoms with Crippen molar-refractivity contribution in [1.29, 1.82) is 0 Å². The van der Waals surface area contributed by atoms with Crippen molar-refractivity contribution in [2.45, 2.75) is 38.8 Å². The summed E-state index contributed by atoms with van der Waals surface area (Å²) < 4.78 is 40.9. The molecule has 0 aliphatic heterocycles. The molecular weight excluding hydrogens is 386 g/mol. The highest BCUT2D eigenvalue weighted by molar-refractivity contribution is 14.0. The Kier molecular flexibility index (Phi) is 15.1. The number of methoxy groups -OCH3 is 1. The Bertz CT molecular complexity index is 251. The fourth-order valence-electron chi connectivity index (χ4n) is 1.39. The van der Waals surface area contributed by atoms with Gasteiger partial charge in [-0.15, -0.1) is 24.0 Å². The lowest BCUT2D eigenvalue weighted by atomic mass is 10.2. The second-order valence-corrected chi connectivity index (χ2v) is 4.11. The predicted octanol–water partition coefficient (Wildman–Crippen LogP) is 2.93. The Morgan fingerprint density at radius 3 is 2.40 bits per heavy atom. The van der Waals surface area contributed by atoms with Crippen LogP contribution >= 0.6 is 24.0 Å². The van der Waals surface area contributed by atoms with Crippen molar-refractivity contribution in [3.05, 3.63) is 0 Å². The first kappa shape index (κ1) is 22.0. The number of alkyl halides is 3. The highest BCUT2D eigenvalue weighted by Crippen LogP contribution is 2.17. The zero-order valence-corrected chi connectivity index (χ0v) is 14.4. The van der Waals surface area contributed by atoms with Gasteiger partial charge in [0.2, 0.25) is 0 Å². The van der Waals surface area contributed by atoms with Gasteiger partial charge in [-0.25, -0.2) is 0 Å². The standard InChI is InChI=1S/C12H24F3N3O.HI/c1-3-16-11(18-9-7-12(13,14)15)17-8-5-4-6-10-19-2;/h3-10H2,1-2H3,(H2,16,17,18);1H. The lowest BCUT2D eigenvalue weighted by Crippen LogP contribution is -2.39. The summed E-state index contributed by atoms with van der Waals surface area (Å²) in [6.45, 7) is 3.68. The highest BCUT2D eigenvalue weighted by Gasteiger charge is 2.26. The van der Waals surface area contributed by atoms with Gasteiger partial charge >= 0.3 is 6.18 Å². The molecular formula is C12H25F3IN3O.